The standard InChI is InChI=1S/C13H11N5O/c14-5-9-2-1-3-10(4-9)6-17-13(19)11-7-16-8-12(15)18-11/h1-4,7-8H,6H2,(H2,15,18)(H,17,19). The van der Waals surface area contributed by atoms with E-state index in [1.54, 1.807) is 18.2 Å². The third-order valence-corrected chi connectivity index (χ3v) is 2.39. The van der Waals surface area contributed by atoms with Gasteiger partial charge in [0, 0.05) is 6.54 Å². The summed E-state index contributed by atoms with van der Waals surface area (Å²) in [6.07, 6.45) is 2.71. The van der Waals surface area contributed by atoms with E-state index < -0.39 is 0 Å². The molecule has 1 aromatic heterocycles. The minimum atomic E-state index is -0.359. The van der Waals surface area contributed by atoms with Crippen LogP contribution in [0.1, 0.15) is 21.6 Å². The Bertz CT molecular complexity index is 647. The van der Waals surface area contributed by atoms with Crippen molar-refractivity contribution in [1.82, 2.24) is 15.3 Å². The molecule has 3 N–H and O–H groups in total. The van der Waals surface area contributed by atoms with Crippen molar-refractivity contribution in [2.75, 3.05) is 5.73 Å². The van der Waals surface area contributed by atoms with Gasteiger partial charge in [0.1, 0.15) is 11.5 Å². The van der Waals surface area contributed by atoms with Gasteiger partial charge in [-0.25, -0.2) is 4.98 Å². The maximum atomic E-state index is 11.8. The van der Waals surface area contributed by atoms with E-state index in [4.69, 9.17) is 11.0 Å². The van der Waals surface area contributed by atoms with Crippen molar-refractivity contribution in [3.05, 3.63) is 53.5 Å². The summed E-state index contributed by atoms with van der Waals surface area (Å²) in [7, 11) is 0. The van der Waals surface area contributed by atoms with Crippen molar-refractivity contribution < 1.29 is 4.79 Å². The molecule has 19 heavy (non-hydrogen) atoms. The van der Waals surface area contributed by atoms with Crippen molar-refractivity contribution in [3.8, 4) is 6.07 Å². The molecule has 1 heterocycles. The molecule has 94 valence electrons. The highest BCUT2D eigenvalue weighted by Gasteiger charge is 2.07. The molecule has 0 saturated carbocycles. The van der Waals surface area contributed by atoms with Gasteiger partial charge in [0.05, 0.1) is 24.0 Å². The Balaban J connectivity index is 2.02. The molecule has 0 atom stereocenters. The van der Waals surface area contributed by atoms with Crippen LogP contribution in [0.3, 0.4) is 0 Å². The number of hydrogen-bond acceptors (Lipinski definition) is 5. The number of aromatic nitrogens is 2. The Labute approximate surface area is 109 Å². The van der Waals surface area contributed by atoms with E-state index in [1.165, 1.54) is 12.4 Å². The van der Waals surface area contributed by atoms with Gasteiger partial charge in [-0.2, -0.15) is 5.26 Å². The summed E-state index contributed by atoms with van der Waals surface area (Å²) in [5.74, 6) is -0.165. The second-order valence-corrected chi connectivity index (χ2v) is 3.82. The first-order valence-electron chi connectivity index (χ1n) is 5.54. The number of carbonyl (C=O) groups is 1. The van der Waals surface area contributed by atoms with E-state index in [1.807, 2.05) is 12.1 Å². The maximum Gasteiger partial charge on any atom is 0.271 e. The van der Waals surface area contributed by atoms with Crippen LogP contribution in [0.2, 0.25) is 0 Å². The molecule has 0 aliphatic rings. The number of hydrogen-bond donors (Lipinski definition) is 2. The summed E-state index contributed by atoms with van der Waals surface area (Å²) in [5, 5.41) is 11.5. The molecule has 0 aliphatic carbocycles. The molecule has 1 amide bonds. The van der Waals surface area contributed by atoms with Crippen LogP contribution >= 0.6 is 0 Å². The fraction of sp³-hybridized carbons (Fsp3) is 0.0769. The number of nitrogens with zero attached hydrogens (tertiary/aromatic N) is 3. The highest BCUT2D eigenvalue weighted by atomic mass is 16.1. The molecule has 6 nitrogen and oxygen atoms in total. The summed E-state index contributed by atoms with van der Waals surface area (Å²) in [6.45, 7) is 0.310. The van der Waals surface area contributed by atoms with Crippen LogP contribution in [0.5, 0.6) is 0 Å². The lowest BCUT2D eigenvalue weighted by Gasteiger charge is -2.05. The number of rotatable bonds is 3. The monoisotopic (exact) mass is 253 g/mol. The third kappa shape index (κ3) is 3.26. The van der Waals surface area contributed by atoms with Crippen LogP contribution in [0.25, 0.3) is 0 Å². The second-order valence-electron chi connectivity index (χ2n) is 3.82. The van der Waals surface area contributed by atoms with Gasteiger partial charge in [-0.15, -0.1) is 0 Å². The molecule has 0 fully saturated rings. The van der Waals surface area contributed by atoms with E-state index >= 15 is 0 Å². The van der Waals surface area contributed by atoms with Crippen molar-refractivity contribution >= 4 is 11.7 Å². The highest BCUT2D eigenvalue weighted by Crippen LogP contribution is 2.04. The van der Waals surface area contributed by atoms with E-state index in [0.717, 1.165) is 5.56 Å². The summed E-state index contributed by atoms with van der Waals surface area (Å²) in [5.41, 5.74) is 7.00. The third-order valence-electron chi connectivity index (χ3n) is 2.39. The number of anilines is 1. The zero-order valence-electron chi connectivity index (χ0n) is 10.00. The van der Waals surface area contributed by atoms with Gasteiger partial charge >= 0.3 is 0 Å². The Hall–Kier alpha value is -2.94. The quantitative estimate of drug-likeness (QED) is 0.844. The molecule has 0 aliphatic heterocycles. The van der Waals surface area contributed by atoms with E-state index in [-0.39, 0.29) is 17.4 Å². The van der Waals surface area contributed by atoms with Crippen LogP contribution in [-0.4, -0.2) is 15.9 Å². The van der Waals surface area contributed by atoms with Gasteiger partial charge in [-0.3, -0.25) is 9.78 Å². The summed E-state index contributed by atoms with van der Waals surface area (Å²) in [4.78, 5) is 19.5. The van der Waals surface area contributed by atoms with E-state index in [9.17, 15) is 4.79 Å². The van der Waals surface area contributed by atoms with Crippen LogP contribution in [0.4, 0.5) is 5.82 Å². The number of nitriles is 1. The normalized spacial score (nSPS) is 9.63. The topological polar surface area (TPSA) is 105 Å². The first-order valence-corrected chi connectivity index (χ1v) is 5.54. The summed E-state index contributed by atoms with van der Waals surface area (Å²) in [6, 6.07) is 9.05. The zero-order chi connectivity index (χ0) is 13.7. The van der Waals surface area contributed by atoms with Crippen molar-refractivity contribution in [1.29, 1.82) is 5.26 Å². The number of nitrogens with two attached hydrogens (primary N) is 1. The van der Waals surface area contributed by atoms with E-state index in [0.29, 0.717) is 12.1 Å². The van der Waals surface area contributed by atoms with Crippen molar-refractivity contribution in [3.63, 3.8) is 0 Å². The smallest absolute Gasteiger partial charge is 0.271 e. The van der Waals surface area contributed by atoms with E-state index in [2.05, 4.69) is 15.3 Å². The largest absolute Gasteiger partial charge is 0.382 e. The summed E-state index contributed by atoms with van der Waals surface area (Å²) < 4.78 is 0. The molecule has 0 saturated heterocycles. The van der Waals surface area contributed by atoms with Gasteiger partial charge in [0.15, 0.2) is 0 Å². The Morgan fingerprint density at radius 2 is 2.26 bits per heavy atom. The Morgan fingerprint density at radius 1 is 1.42 bits per heavy atom. The minimum absolute atomic E-state index is 0.163. The van der Waals surface area contributed by atoms with Gasteiger partial charge in [0.25, 0.3) is 5.91 Å². The average Bonchev–Trinajstić information content (AvgIpc) is 2.45. The molecule has 0 bridgehead atoms. The molecule has 2 aromatic rings. The predicted molar refractivity (Wildman–Crippen MR) is 68.8 cm³/mol. The van der Waals surface area contributed by atoms with Crippen LogP contribution in [0.15, 0.2) is 36.7 Å². The number of nitrogens with one attached hydrogen (secondary N) is 1. The Morgan fingerprint density at radius 3 is 3.00 bits per heavy atom. The minimum Gasteiger partial charge on any atom is -0.382 e. The molecule has 1 aromatic carbocycles. The van der Waals surface area contributed by atoms with Gasteiger partial charge in [0.2, 0.25) is 0 Å². The lowest BCUT2D eigenvalue weighted by atomic mass is 10.1. The molecular weight excluding hydrogens is 242 g/mol. The zero-order valence-corrected chi connectivity index (χ0v) is 10.00. The van der Waals surface area contributed by atoms with Gasteiger partial charge < -0.3 is 11.1 Å². The first-order chi connectivity index (χ1) is 9.19. The Kier molecular flexibility index (Phi) is 3.69. The maximum absolute atomic E-state index is 11.8. The number of carbonyl (C=O) groups excluding carboxylic acids is 1. The molecular formula is C13H11N5O. The predicted octanol–water partition coefficient (Wildman–Crippen LogP) is 0.860. The van der Waals surface area contributed by atoms with Crippen molar-refractivity contribution in [2.24, 2.45) is 0 Å². The number of amides is 1. The second kappa shape index (κ2) is 5.60. The lowest BCUT2D eigenvalue weighted by molar-refractivity contribution is 0.0945. The molecule has 0 radical (unpaired) electrons. The van der Waals surface area contributed by atoms with Crippen LogP contribution in [0, 0.1) is 11.3 Å². The first kappa shape index (κ1) is 12.5. The number of nitrogen functional groups attached to an aromatic ring is 1. The van der Waals surface area contributed by atoms with Crippen LogP contribution in [-0.2, 0) is 6.54 Å². The van der Waals surface area contributed by atoms with Crippen LogP contribution < -0.4 is 11.1 Å². The van der Waals surface area contributed by atoms with Gasteiger partial charge in [-0.05, 0) is 17.7 Å². The fourth-order valence-electron chi connectivity index (χ4n) is 1.51. The molecule has 6 heteroatoms. The number of benzene rings is 1. The molecule has 0 spiro atoms. The van der Waals surface area contributed by atoms with Crippen molar-refractivity contribution in [2.45, 2.75) is 6.54 Å². The SMILES string of the molecule is N#Cc1cccc(CNC(=O)c2cncc(N)n2)c1. The highest BCUT2D eigenvalue weighted by molar-refractivity contribution is 5.92. The summed E-state index contributed by atoms with van der Waals surface area (Å²) >= 11 is 0. The molecule has 2 rings (SSSR count). The molecule has 0 unspecified atom stereocenters. The fourth-order valence-corrected chi connectivity index (χ4v) is 1.51. The average molecular weight is 253 g/mol. The lowest BCUT2D eigenvalue weighted by Crippen LogP contribution is -2.24. The van der Waals surface area contributed by atoms with Gasteiger partial charge in [-0.1, -0.05) is 12.1 Å².